The zero-order chi connectivity index (χ0) is 22.6. The number of aromatic nitrogens is 2. The standard InChI is InChI=1S/C21H29N5O4S/c1-24(2)20-13-18(16-12-21(27)26(14-16)10-11-30-4)22-19(23-20)15-25(3)31(28,29)17-8-6-5-7-9-17/h5-9,13,16H,10-12,14-15H2,1-4H3. The van der Waals surface area contributed by atoms with Crippen molar-refractivity contribution in [2.45, 2.75) is 23.8 Å². The summed E-state index contributed by atoms with van der Waals surface area (Å²) < 4.78 is 32.1. The summed E-state index contributed by atoms with van der Waals surface area (Å²) in [6, 6.07) is 10.1. The second-order valence-corrected chi connectivity index (χ2v) is 9.81. The Balaban J connectivity index is 1.85. The van der Waals surface area contributed by atoms with E-state index in [1.54, 1.807) is 42.3 Å². The van der Waals surface area contributed by atoms with Gasteiger partial charge in [-0.2, -0.15) is 4.31 Å². The van der Waals surface area contributed by atoms with Crippen molar-refractivity contribution >= 4 is 21.7 Å². The van der Waals surface area contributed by atoms with Gasteiger partial charge in [-0.25, -0.2) is 18.4 Å². The summed E-state index contributed by atoms with van der Waals surface area (Å²) in [5.74, 6) is 1.07. The number of anilines is 1. The predicted octanol–water partition coefficient (Wildman–Crippen LogP) is 1.33. The van der Waals surface area contributed by atoms with Crippen LogP contribution >= 0.6 is 0 Å². The van der Waals surface area contributed by atoms with E-state index in [1.807, 2.05) is 25.1 Å². The molecule has 2 aromatic rings. The fourth-order valence-corrected chi connectivity index (χ4v) is 4.60. The highest BCUT2D eigenvalue weighted by Gasteiger charge is 2.32. The predicted molar refractivity (Wildman–Crippen MR) is 117 cm³/mol. The Morgan fingerprint density at radius 3 is 2.52 bits per heavy atom. The van der Waals surface area contributed by atoms with Gasteiger partial charge in [0.25, 0.3) is 0 Å². The Morgan fingerprint density at radius 1 is 1.16 bits per heavy atom. The smallest absolute Gasteiger partial charge is 0.243 e. The quantitative estimate of drug-likeness (QED) is 0.572. The first-order valence-corrected chi connectivity index (χ1v) is 11.5. The molecule has 1 saturated heterocycles. The van der Waals surface area contributed by atoms with E-state index >= 15 is 0 Å². The largest absolute Gasteiger partial charge is 0.383 e. The Bertz CT molecular complexity index is 1010. The average Bonchev–Trinajstić information content (AvgIpc) is 3.13. The molecule has 31 heavy (non-hydrogen) atoms. The lowest BCUT2D eigenvalue weighted by Crippen LogP contribution is -2.29. The van der Waals surface area contributed by atoms with Gasteiger partial charge >= 0.3 is 0 Å². The molecule has 9 nitrogen and oxygen atoms in total. The molecule has 3 rings (SSSR count). The molecule has 1 atom stereocenters. The van der Waals surface area contributed by atoms with Crippen LogP contribution in [-0.2, 0) is 26.1 Å². The molecule has 0 saturated carbocycles. The maximum Gasteiger partial charge on any atom is 0.243 e. The molecule has 1 unspecified atom stereocenters. The van der Waals surface area contributed by atoms with Gasteiger partial charge in [0, 0.05) is 59.7 Å². The highest BCUT2D eigenvalue weighted by Crippen LogP contribution is 2.29. The monoisotopic (exact) mass is 447 g/mol. The molecule has 0 radical (unpaired) electrons. The number of likely N-dealkylation sites (tertiary alicyclic amines) is 1. The fraction of sp³-hybridized carbons (Fsp3) is 0.476. The number of hydrogen-bond donors (Lipinski definition) is 0. The molecule has 0 bridgehead atoms. The van der Waals surface area contributed by atoms with Crippen LogP contribution in [0.3, 0.4) is 0 Å². The molecule has 0 spiro atoms. The lowest BCUT2D eigenvalue weighted by atomic mass is 10.0. The SMILES string of the molecule is COCCN1CC(c2cc(N(C)C)nc(CN(C)S(=O)(=O)c3ccccc3)n2)CC1=O. The van der Waals surface area contributed by atoms with Gasteiger partial charge in [0.1, 0.15) is 11.6 Å². The molecule has 1 aromatic heterocycles. The van der Waals surface area contributed by atoms with Crippen LogP contribution in [0.25, 0.3) is 0 Å². The van der Waals surface area contributed by atoms with Gasteiger partial charge in [0.2, 0.25) is 15.9 Å². The zero-order valence-corrected chi connectivity index (χ0v) is 19.2. The van der Waals surface area contributed by atoms with Crippen molar-refractivity contribution in [3.05, 3.63) is 47.9 Å². The van der Waals surface area contributed by atoms with Crippen LogP contribution in [0.4, 0.5) is 5.82 Å². The summed E-state index contributed by atoms with van der Waals surface area (Å²) in [6.07, 6.45) is 0.366. The van der Waals surface area contributed by atoms with E-state index < -0.39 is 10.0 Å². The van der Waals surface area contributed by atoms with Gasteiger partial charge in [-0.05, 0) is 12.1 Å². The summed E-state index contributed by atoms with van der Waals surface area (Å²) in [5.41, 5.74) is 0.743. The number of amides is 1. The lowest BCUT2D eigenvalue weighted by molar-refractivity contribution is -0.128. The molecular weight excluding hydrogens is 418 g/mol. The first-order valence-electron chi connectivity index (χ1n) is 10.1. The molecule has 1 aromatic carbocycles. The van der Waals surface area contributed by atoms with Crippen LogP contribution in [0.2, 0.25) is 0 Å². The van der Waals surface area contributed by atoms with Crippen molar-refractivity contribution < 1.29 is 17.9 Å². The Labute approximate surface area is 183 Å². The van der Waals surface area contributed by atoms with Gasteiger partial charge in [0.05, 0.1) is 23.7 Å². The van der Waals surface area contributed by atoms with Crippen LogP contribution in [-0.4, -0.2) is 81.4 Å². The third-order valence-electron chi connectivity index (χ3n) is 5.25. The summed E-state index contributed by atoms with van der Waals surface area (Å²) in [6.45, 7) is 1.62. The van der Waals surface area contributed by atoms with E-state index in [0.29, 0.717) is 37.8 Å². The molecule has 1 amide bonds. The summed E-state index contributed by atoms with van der Waals surface area (Å²) in [5, 5.41) is 0. The Morgan fingerprint density at radius 2 is 1.87 bits per heavy atom. The van der Waals surface area contributed by atoms with E-state index in [0.717, 1.165) is 5.69 Å². The fourth-order valence-electron chi connectivity index (χ4n) is 3.46. The number of benzene rings is 1. The number of ether oxygens (including phenoxy) is 1. The number of sulfonamides is 1. The van der Waals surface area contributed by atoms with E-state index in [-0.39, 0.29) is 23.3 Å². The molecule has 1 aliphatic rings. The van der Waals surface area contributed by atoms with Crippen LogP contribution in [0, 0.1) is 0 Å². The maximum absolute atomic E-state index is 12.9. The molecule has 168 valence electrons. The van der Waals surface area contributed by atoms with Gasteiger partial charge in [-0.1, -0.05) is 18.2 Å². The normalized spacial score (nSPS) is 16.9. The lowest BCUT2D eigenvalue weighted by Gasteiger charge is -2.20. The first kappa shape index (κ1) is 23.1. The van der Waals surface area contributed by atoms with Gasteiger partial charge < -0.3 is 14.5 Å². The van der Waals surface area contributed by atoms with Crippen LogP contribution in [0.15, 0.2) is 41.3 Å². The second kappa shape index (κ2) is 9.71. The van der Waals surface area contributed by atoms with Crippen molar-refractivity contribution in [3.63, 3.8) is 0 Å². The summed E-state index contributed by atoms with van der Waals surface area (Å²) in [7, 11) is 3.19. The van der Waals surface area contributed by atoms with Gasteiger partial charge in [0.15, 0.2) is 0 Å². The molecule has 0 aliphatic carbocycles. The molecule has 1 aliphatic heterocycles. The van der Waals surface area contributed by atoms with Crippen LogP contribution in [0.1, 0.15) is 23.9 Å². The van der Waals surface area contributed by atoms with Crippen molar-refractivity contribution in [3.8, 4) is 0 Å². The first-order chi connectivity index (χ1) is 14.7. The number of carbonyl (C=O) groups is 1. The highest BCUT2D eigenvalue weighted by atomic mass is 32.2. The molecule has 2 heterocycles. The van der Waals surface area contributed by atoms with Gasteiger partial charge in [-0.3, -0.25) is 4.79 Å². The van der Waals surface area contributed by atoms with Crippen molar-refractivity contribution in [2.24, 2.45) is 0 Å². The van der Waals surface area contributed by atoms with Crippen LogP contribution < -0.4 is 4.90 Å². The molecule has 1 fully saturated rings. The van der Waals surface area contributed by atoms with E-state index in [1.165, 1.54) is 11.4 Å². The van der Waals surface area contributed by atoms with E-state index in [2.05, 4.69) is 9.97 Å². The van der Waals surface area contributed by atoms with Crippen molar-refractivity contribution in [1.29, 1.82) is 0 Å². The van der Waals surface area contributed by atoms with E-state index in [4.69, 9.17) is 4.74 Å². The number of nitrogens with zero attached hydrogens (tertiary/aromatic N) is 5. The number of methoxy groups -OCH3 is 1. The Hall–Kier alpha value is -2.56. The zero-order valence-electron chi connectivity index (χ0n) is 18.4. The molecular formula is C21H29N5O4S. The second-order valence-electron chi connectivity index (χ2n) is 7.77. The van der Waals surface area contributed by atoms with Crippen molar-refractivity contribution in [2.75, 3.05) is 52.8 Å². The van der Waals surface area contributed by atoms with Gasteiger partial charge in [-0.15, -0.1) is 0 Å². The van der Waals surface area contributed by atoms with Crippen LogP contribution in [0.5, 0.6) is 0 Å². The minimum Gasteiger partial charge on any atom is -0.383 e. The number of carbonyl (C=O) groups excluding carboxylic acids is 1. The Kier molecular flexibility index (Phi) is 7.24. The highest BCUT2D eigenvalue weighted by molar-refractivity contribution is 7.89. The minimum atomic E-state index is -3.67. The molecule has 10 heteroatoms. The van der Waals surface area contributed by atoms with E-state index in [9.17, 15) is 13.2 Å². The minimum absolute atomic E-state index is 0.0277. The number of rotatable bonds is 9. The molecule has 0 N–H and O–H groups in total. The topological polar surface area (TPSA) is 95.9 Å². The van der Waals surface area contributed by atoms with Crippen molar-refractivity contribution in [1.82, 2.24) is 19.2 Å². The maximum atomic E-state index is 12.9. The average molecular weight is 448 g/mol. The third-order valence-corrected chi connectivity index (χ3v) is 7.07. The number of hydrogen-bond acceptors (Lipinski definition) is 7. The summed E-state index contributed by atoms with van der Waals surface area (Å²) in [4.78, 5) is 25.4. The summed E-state index contributed by atoms with van der Waals surface area (Å²) >= 11 is 0. The third kappa shape index (κ3) is 5.38.